The van der Waals surface area contributed by atoms with Crippen molar-refractivity contribution in [3.63, 3.8) is 0 Å². The third kappa shape index (κ3) is 2.15. The van der Waals surface area contributed by atoms with Crippen molar-refractivity contribution in [3.8, 4) is 0 Å². The topological polar surface area (TPSA) is 58.2 Å². The first-order valence-corrected chi connectivity index (χ1v) is 5.30. The molecule has 0 saturated carbocycles. The molecule has 1 aliphatic heterocycles. The monoisotopic (exact) mass is 178 g/mol. The zero-order chi connectivity index (χ0) is 8.48. The van der Waals surface area contributed by atoms with E-state index in [9.17, 15) is 8.42 Å². The fourth-order valence-corrected chi connectivity index (χ4v) is 2.28. The number of nitrogens with one attached hydrogen (secondary N) is 2. The van der Waals surface area contributed by atoms with Crippen LogP contribution in [0, 0.1) is 5.92 Å². The molecule has 0 aromatic rings. The van der Waals surface area contributed by atoms with E-state index in [1.165, 1.54) is 0 Å². The quantitative estimate of drug-likeness (QED) is 0.617. The van der Waals surface area contributed by atoms with E-state index in [4.69, 9.17) is 0 Å². The predicted molar refractivity (Wildman–Crippen MR) is 43.3 cm³/mol. The summed E-state index contributed by atoms with van der Waals surface area (Å²) in [4.78, 5) is 0. The van der Waals surface area contributed by atoms with Gasteiger partial charge in [0.05, 0.1) is 0 Å². The van der Waals surface area contributed by atoms with E-state index < -0.39 is 10.2 Å². The van der Waals surface area contributed by atoms with E-state index in [2.05, 4.69) is 16.4 Å². The Morgan fingerprint density at radius 3 is 2.64 bits per heavy atom. The third-order valence-electron chi connectivity index (χ3n) is 2.13. The van der Waals surface area contributed by atoms with Gasteiger partial charge in [-0.05, 0) is 5.92 Å². The molecule has 0 aromatic heterocycles. The molecule has 1 heterocycles. The van der Waals surface area contributed by atoms with Gasteiger partial charge in [0.25, 0.3) is 10.2 Å². The highest BCUT2D eigenvalue weighted by molar-refractivity contribution is 7.87. The van der Waals surface area contributed by atoms with Crippen LogP contribution < -0.4 is 9.44 Å². The Morgan fingerprint density at radius 2 is 2.27 bits per heavy atom. The van der Waals surface area contributed by atoms with Crippen LogP contribution in [-0.2, 0) is 10.2 Å². The van der Waals surface area contributed by atoms with Crippen molar-refractivity contribution in [2.45, 2.75) is 26.3 Å². The summed E-state index contributed by atoms with van der Waals surface area (Å²) >= 11 is 0. The van der Waals surface area contributed by atoms with Crippen molar-refractivity contribution in [2.75, 3.05) is 6.54 Å². The maximum absolute atomic E-state index is 10.8. The van der Waals surface area contributed by atoms with Crippen molar-refractivity contribution in [2.24, 2.45) is 5.92 Å². The predicted octanol–water partition coefficient (Wildman–Crippen LogP) is -0.161. The fraction of sp³-hybridized carbons (Fsp3) is 1.00. The molecule has 11 heavy (non-hydrogen) atoms. The van der Waals surface area contributed by atoms with Gasteiger partial charge in [-0.25, -0.2) is 4.72 Å². The molecule has 1 fully saturated rings. The normalized spacial score (nSPS) is 32.0. The number of hydrogen-bond donors (Lipinski definition) is 2. The van der Waals surface area contributed by atoms with Crippen molar-refractivity contribution in [1.82, 2.24) is 9.44 Å². The summed E-state index contributed by atoms with van der Waals surface area (Å²) in [7, 11) is -3.15. The largest absolute Gasteiger partial charge is 0.277 e. The standard InChI is InChI=1S/C6H14N2O2S/c1-3-5(2)6-4-7-11(9,10)8-6/h5-8H,3-4H2,1-2H3. The first-order valence-electron chi connectivity index (χ1n) is 3.82. The van der Waals surface area contributed by atoms with Crippen LogP contribution >= 0.6 is 0 Å². The number of rotatable bonds is 2. The van der Waals surface area contributed by atoms with Crippen LogP contribution in [0.15, 0.2) is 0 Å². The lowest BCUT2D eigenvalue weighted by Gasteiger charge is -2.14. The average Bonchev–Trinajstić information content (AvgIpc) is 2.29. The summed E-state index contributed by atoms with van der Waals surface area (Å²) in [5.41, 5.74) is 0. The van der Waals surface area contributed by atoms with Gasteiger partial charge >= 0.3 is 0 Å². The van der Waals surface area contributed by atoms with E-state index in [-0.39, 0.29) is 6.04 Å². The van der Waals surface area contributed by atoms with E-state index in [1.54, 1.807) is 0 Å². The third-order valence-corrected chi connectivity index (χ3v) is 3.29. The van der Waals surface area contributed by atoms with Gasteiger partial charge in [-0.2, -0.15) is 13.1 Å². The van der Waals surface area contributed by atoms with Gasteiger partial charge in [-0.15, -0.1) is 0 Å². The van der Waals surface area contributed by atoms with Crippen LogP contribution in [0.5, 0.6) is 0 Å². The Morgan fingerprint density at radius 1 is 1.64 bits per heavy atom. The van der Waals surface area contributed by atoms with Gasteiger partial charge in [0.1, 0.15) is 0 Å². The molecule has 4 nitrogen and oxygen atoms in total. The Labute approximate surface area is 67.6 Å². The minimum Gasteiger partial charge on any atom is -0.201 e. The van der Waals surface area contributed by atoms with E-state index in [0.717, 1.165) is 6.42 Å². The smallest absolute Gasteiger partial charge is 0.201 e. The molecule has 0 bridgehead atoms. The molecule has 1 saturated heterocycles. The molecule has 66 valence electrons. The first-order chi connectivity index (χ1) is 5.05. The lowest BCUT2D eigenvalue weighted by molar-refractivity contribution is 0.434. The van der Waals surface area contributed by atoms with Crippen LogP contribution in [0.3, 0.4) is 0 Å². The molecule has 0 spiro atoms. The lowest BCUT2D eigenvalue weighted by atomic mass is 10.0. The summed E-state index contributed by atoms with van der Waals surface area (Å²) in [6.07, 6.45) is 0.995. The molecule has 0 amide bonds. The molecule has 1 aliphatic rings. The molecule has 2 N–H and O–H groups in total. The van der Waals surface area contributed by atoms with Gasteiger partial charge in [0, 0.05) is 12.6 Å². The van der Waals surface area contributed by atoms with E-state index in [1.807, 2.05) is 6.92 Å². The Balaban J connectivity index is 2.55. The summed E-state index contributed by atoms with van der Waals surface area (Å²) in [5.74, 6) is 0.403. The molecule has 1 rings (SSSR count). The first kappa shape index (κ1) is 8.96. The summed E-state index contributed by atoms with van der Waals surface area (Å²) < 4.78 is 26.6. The molecule has 0 aliphatic carbocycles. The highest BCUT2D eigenvalue weighted by Crippen LogP contribution is 2.10. The second-order valence-corrected chi connectivity index (χ2v) is 4.49. The van der Waals surface area contributed by atoms with E-state index in [0.29, 0.717) is 12.5 Å². The molecule has 0 radical (unpaired) electrons. The minimum absolute atomic E-state index is 0.0741. The highest BCUT2D eigenvalue weighted by atomic mass is 32.2. The lowest BCUT2D eigenvalue weighted by Crippen LogP contribution is -2.32. The van der Waals surface area contributed by atoms with Gasteiger partial charge in [-0.1, -0.05) is 20.3 Å². The minimum atomic E-state index is -3.15. The van der Waals surface area contributed by atoms with Crippen LogP contribution in [0.25, 0.3) is 0 Å². The molecular weight excluding hydrogens is 164 g/mol. The second kappa shape index (κ2) is 3.08. The summed E-state index contributed by atoms with van der Waals surface area (Å²) in [5, 5.41) is 0. The van der Waals surface area contributed by atoms with Gasteiger partial charge in [0.2, 0.25) is 0 Å². The van der Waals surface area contributed by atoms with Gasteiger partial charge in [0.15, 0.2) is 0 Å². The van der Waals surface area contributed by atoms with Crippen LogP contribution in [0.1, 0.15) is 20.3 Å². The van der Waals surface area contributed by atoms with Crippen LogP contribution in [-0.4, -0.2) is 21.0 Å². The fourth-order valence-electron chi connectivity index (χ4n) is 1.08. The van der Waals surface area contributed by atoms with Gasteiger partial charge in [-0.3, -0.25) is 0 Å². The molecule has 0 aromatic carbocycles. The zero-order valence-electron chi connectivity index (χ0n) is 6.79. The summed E-state index contributed by atoms with van der Waals surface area (Å²) in [6.45, 7) is 4.62. The molecule has 2 atom stereocenters. The van der Waals surface area contributed by atoms with Crippen molar-refractivity contribution >= 4 is 10.2 Å². The van der Waals surface area contributed by atoms with E-state index >= 15 is 0 Å². The van der Waals surface area contributed by atoms with Crippen LogP contribution in [0.4, 0.5) is 0 Å². The maximum atomic E-state index is 10.8. The maximum Gasteiger partial charge on any atom is 0.277 e. The number of hydrogen-bond acceptors (Lipinski definition) is 2. The highest BCUT2D eigenvalue weighted by Gasteiger charge is 2.28. The Hall–Kier alpha value is -0.130. The zero-order valence-corrected chi connectivity index (χ0v) is 7.61. The SMILES string of the molecule is CCC(C)C1CNS(=O)(=O)N1. The average molecular weight is 178 g/mol. The molecule has 2 unspecified atom stereocenters. The molecule has 5 heteroatoms. The Kier molecular flexibility index (Phi) is 2.51. The van der Waals surface area contributed by atoms with Crippen LogP contribution in [0.2, 0.25) is 0 Å². The second-order valence-electron chi connectivity index (χ2n) is 2.96. The summed E-state index contributed by atoms with van der Waals surface area (Å²) in [6, 6.07) is 0.0741. The van der Waals surface area contributed by atoms with Crippen molar-refractivity contribution < 1.29 is 8.42 Å². The van der Waals surface area contributed by atoms with Crippen molar-refractivity contribution in [1.29, 1.82) is 0 Å². The van der Waals surface area contributed by atoms with Gasteiger partial charge < -0.3 is 0 Å². The Bertz CT molecular complexity index is 225. The van der Waals surface area contributed by atoms with Crippen molar-refractivity contribution in [3.05, 3.63) is 0 Å². The molecular formula is C6H14N2O2S.